The lowest BCUT2D eigenvalue weighted by molar-refractivity contribution is -0.143. The molecule has 1 atom stereocenters. The van der Waals surface area contributed by atoms with Crippen LogP contribution in [0.2, 0.25) is 5.02 Å². The van der Waals surface area contributed by atoms with Gasteiger partial charge in [-0.05, 0) is 42.7 Å². The first-order valence-electron chi connectivity index (χ1n) is 8.57. The molecule has 4 nitrogen and oxygen atoms in total. The highest BCUT2D eigenvalue weighted by Gasteiger charge is 2.29. The molecule has 1 saturated heterocycles. The third-order valence-electron chi connectivity index (χ3n) is 4.95. The molecule has 1 heterocycles. The van der Waals surface area contributed by atoms with E-state index in [1.165, 1.54) is 5.69 Å². The second kappa shape index (κ2) is 7.89. The molecule has 0 amide bonds. The molecule has 1 aliphatic rings. The number of hydrogen-bond donors (Lipinski definition) is 1. The van der Waals surface area contributed by atoms with Gasteiger partial charge >= 0.3 is 5.97 Å². The summed E-state index contributed by atoms with van der Waals surface area (Å²) in [4.78, 5) is 16.2. The average molecular weight is 359 g/mol. The predicted molar refractivity (Wildman–Crippen MR) is 102 cm³/mol. The zero-order chi connectivity index (χ0) is 17.8. The van der Waals surface area contributed by atoms with Gasteiger partial charge in [0.25, 0.3) is 0 Å². The Balaban J connectivity index is 1.68. The lowest BCUT2D eigenvalue weighted by Gasteiger charge is -2.39. The maximum Gasteiger partial charge on any atom is 0.321 e. The van der Waals surface area contributed by atoms with Crippen molar-refractivity contribution in [1.82, 2.24) is 4.90 Å². The number of para-hydroxylation sites is 1. The van der Waals surface area contributed by atoms with Crippen LogP contribution in [-0.4, -0.2) is 48.2 Å². The van der Waals surface area contributed by atoms with Gasteiger partial charge in [-0.15, -0.1) is 0 Å². The largest absolute Gasteiger partial charge is 0.480 e. The molecule has 1 unspecified atom stereocenters. The fourth-order valence-electron chi connectivity index (χ4n) is 3.38. The molecule has 0 spiro atoms. The molecule has 0 saturated carbocycles. The Morgan fingerprint density at radius 2 is 1.76 bits per heavy atom. The molecule has 0 aromatic heterocycles. The number of rotatable bonds is 5. The summed E-state index contributed by atoms with van der Waals surface area (Å²) >= 11 is 6.18. The van der Waals surface area contributed by atoms with Crippen molar-refractivity contribution in [3.05, 3.63) is 64.7 Å². The molecule has 2 aromatic carbocycles. The Morgan fingerprint density at radius 1 is 1.08 bits per heavy atom. The van der Waals surface area contributed by atoms with Crippen molar-refractivity contribution < 1.29 is 9.90 Å². The van der Waals surface area contributed by atoms with E-state index in [9.17, 15) is 9.90 Å². The van der Waals surface area contributed by atoms with Crippen LogP contribution in [0.1, 0.15) is 11.1 Å². The summed E-state index contributed by atoms with van der Waals surface area (Å²) in [5, 5.41) is 10.4. The number of nitrogens with zero attached hydrogens (tertiary/aromatic N) is 2. The van der Waals surface area contributed by atoms with Crippen LogP contribution < -0.4 is 4.90 Å². The van der Waals surface area contributed by atoms with Crippen LogP contribution in [0.4, 0.5) is 5.69 Å². The van der Waals surface area contributed by atoms with Gasteiger partial charge in [-0.2, -0.15) is 0 Å². The first kappa shape index (κ1) is 17.8. The van der Waals surface area contributed by atoms with E-state index in [0.717, 1.165) is 37.3 Å². The summed E-state index contributed by atoms with van der Waals surface area (Å²) in [5.74, 6) is -0.771. The second-order valence-electron chi connectivity index (χ2n) is 6.44. The van der Waals surface area contributed by atoms with Gasteiger partial charge < -0.3 is 10.0 Å². The highest BCUT2D eigenvalue weighted by atomic mass is 35.5. The number of piperazine rings is 1. The smallest absolute Gasteiger partial charge is 0.321 e. The van der Waals surface area contributed by atoms with E-state index in [0.29, 0.717) is 11.4 Å². The molecular formula is C20H23ClN2O2. The fraction of sp³-hybridized carbons (Fsp3) is 0.350. The van der Waals surface area contributed by atoms with Crippen molar-refractivity contribution in [3.63, 3.8) is 0 Å². The maximum atomic E-state index is 11.9. The second-order valence-corrected chi connectivity index (χ2v) is 6.85. The number of anilines is 1. The lowest BCUT2D eigenvalue weighted by Crippen LogP contribution is -2.53. The minimum absolute atomic E-state index is 0.479. The number of hydrogen-bond acceptors (Lipinski definition) is 3. The van der Waals surface area contributed by atoms with Gasteiger partial charge in [0.1, 0.15) is 6.04 Å². The van der Waals surface area contributed by atoms with E-state index in [1.54, 1.807) is 0 Å². The van der Waals surface area contributed by atoms with E-state index >= 15 is 0 Å². The summed E-state index contributed by atoms with van der Waals surface area (Å²) in [6.45, 7) is 5.10. The average Bonchev–Trinajstić information content (AvgIpc) is 2.63. The van der Waals surface area contributed by atoms with Crippen molar-refractivity contribution in [2.75, 3.05) is 31.1 Å². The van der Waals surface area contributed by atoms with E-state index in [-0.39, 0.29) is 0 Å². The standard InChI is InChI=1S/C20H23ClN2O2/c1-15-16(6-5-9-18(15)21)14-19(20(24)25)23-12-10-22(11-13-23)17-7-3-2-4-8-17/h2-9,19H,10-14H2,1H3,(H,24,25). The van der Waals surface area contributed by atoms with Crippen LogP contribution >= 0.6 is 11.6 Å². The normalized spacial score (nSPS) is 16.6. The Kier molecular flexibility index (Phi) is 5.61. The van der Waals surface area contributed by atoms with Crippen molar-refractivity contribution in [2.45, 2.75) is 19.4 Å². The van der Waals surface area contributed by atoms with Crippen molar-refractivity contribution >= 4 is 23.3 Å². The number of benzene rings is 2. The SMILES string of the molecule is Cc1c(Cl)cccc1CC(C(=O)O)N1CCN(c2ccccc2)CC1. The van der Waals surface area contributed by atoms with E-state index in [4.69, 9.17) is 11.6 Å². The van der Waals surface area contributed by atoms with Crippen molar-refractivity contribution in [3.8, 4) is 0 Å². The van der Waals surface area contributed by atoms with Gasteiger partial charge in [-0.1, -0.05) is 41.9 Å². The Labute approximate surface area is 153 Å². The molecule has 1 fully saturated rings. The Bertz CT molecular complexity index is 728. The number of halogens is 1. The van der Waals surface area contributed by atoms with E-state index < -0.39 is 12.0 Å². The molecule has 5 heteroatoms. The van der Waals surface area contributed by atoms with Crippen LogP contribution in [-0.2, 0) is 11.2 Å². The molecule has 1 aliphatic heterocycles. The molecule has 0 bridgehead atoms. The highest BCUT2D eigenvalue weighted by Crippen LogP contribution is 2.23. The molecule has 2 aromatic rings. The lowest BCUT2D eigenvalue weighted by atomic mass is 9.99. The van der Waals surface area contributed by atoms with Gasteiger partial charge in [0.2, 0.25) is 0 Å². The van der Waals surface area contributed by atoms with Crippen molar-refractivity contribution in [1.29, 1.82) is 0 Å². The number of carboxylic acid groups (broad SMARTS) is 1. The number of carbonyl (C=O) groups is 1. The third kappa shape index (κ3) is 4.14. The third-order valence-corrected chi connectivity index (χ3v) is 5.36. The minimum atomic E-state index is -0.771. The van der Waals surface area contributed by atoms with Crippen LogP contribution in [0.25, 0.3) is 0 Å². The number of carboxylic acids is 1. The summed E-state index contributed by atoms with van der Waals surface area (Å²) in [6, 6.07) is 15.4. The van der Waals surface area contributed by atoms with Gasteiger partial charge in [0.15, 0.2) is 0 Å². The van der Waals surface area contributed by atoms with Gasteiger partial charge in [0, 0.05) is 36.9 Å². The quantitative estimate of drug-likeness (QED) is 0.888. The van der Waals surface area contributed by atoms with Gasteiger partial charge in [-0.3, -0.25) is 9.69 Å². The monoisotopic (exact) mass is 358 g/mol. The van der Waals surface area contributed by atoms with Gasteiger partial charge in [-0.25, -0.2) is 0 Å². The molecule has 132 valence electrons. The highest BCUT2D eigenvalue weighted by molar-refractivity contribution is 6.31. The molecule has 3 rings (SSSR count). The van der Waals surface area contributed by atoms with Crippen LogP contribution in [0, 0.1) is 6.92 Å². The predicted octanol–water partition coefficient (Wildman–Crippen LogP) is 3.47. The molecule has 25 heavy (non-hydrogen) atoms. The summed E-state index contributed by atoms with van der Waals surface area (Å²) in [5.41, 5.74) is 3.17. The fourth-order valence-corrected chi connectivity index (χ4v) is 3.58. The first-order chi connectivity index (χ1) is 12.1. The topological polar surface area (TPSA) is 43.8 Å². The zero-order valence-electron chi connectivity index (χ0n) is 14.4. The van der Waals surface area contributed by atoms with Gasteiger partial charge in [0.05, 0.1) is 0 Å². The van der Waals surface area contributed by atoms with Crippen LogP contribution in [0.3, 0.4) is 0 Å². The molecule has 0 aliphatic carbocycles. The summed E-state index contributed by atoms with van der Waals surface area (Å²) in [6.07, 6.45) is 0.479. The van der Waals surface area contributed by atoms with E-state index in [1.807, 2.05) is 43.3 Å². The zero-order valence-corrected chi connectivity index (χ0v) is 15.1. The number of aliphatic carboxylic acids is 1. The molecule has 0 radical (unpaired) electrons. The van der Waals surface area contributed by atoms with Crippen molar-refractivity contribution in [2.24, 2.45) is 0 Å². The molecular weight excluding hydrogens is 336 g/mol. The first-order valence-corrected chi connectivity index (χ1v) is 8.95. The molecule has 1 N–H and O–H groups in total. The summed E-state index contributed by atoms with van der Waals surface area (Å²) in [7, 11) is 0. The van der Waals surface area contributed by atoms with Crippen LogP contribution in [0.15, 0.2) is 48.5 Å². The maximum absolute atomic E-state index is 11.9. The summed E-state index contributed by atoms with van der Waals surface area (Å²) < 4.78 is 0. The van der Waals surface area contributed by atoms with E-state index in [2.05, 4.69) is 21.9 Å². The Morgan fingerprint density at radius 3 is 2.40 bits per heavy atom. The van der Waals surface area contributed by atoms with Crippen LogP contribution in [0.5, 0.6) is 0 Å². The Hall–Kier alpha value is -2.04. The minimum Gasteiger partial charge on any atom is -0.480 e.